The zero-order valence-electron chi connectivity index (χ0n) is 15.9. The second-order valence-corrected chi connectivity index (χ2v) is 6.68. The molecule has 2 aromatic rings. The van der Waals surface area contributed by atoms with Crippen LogP contribution in [0.15, 0.2) is 54.6 Å². The molecule has 2 rings (SSSR count). The highest BCUT2D eigenvalue weighted by Crippen LogP contribution is 2.29. The lowest BCUT2D eigenvalue weighted by atomic mass is 10.1. The summed E-state index contributed by atoms with van der Waals surface area (Å²) in [5.74, 6) is 1.49. The van der Waals surface area contributed by atoms with E-state index in [2.05, 4.69) is 12.2 Å². The number of amides is 1. The minimum Gasteiger partial charge on any atom is -0.455 e. The molecule has 0 saturated heterocycles. The number of hydrogen-bond donors (Lipinski definition) is 1. The summed E-state index contributed by atoms with van der Waals surface area (Å²) in [5.41, 5.74) is 0.723. The number of ether oxygens (including phenoxy) is 1. The summed E-state index contributed by atoms with van der Waals surface area (Å²) in [6.07, 6.45) is 10.4. The SMILES string of the molecule is CCCCCCCCCCC(=O)Nc1ccccc1Oc1ccccc1. The first-order chi connectivity index (χ1) is 12.8. The molecule has 3 nitrogen and oxygen atoms in total. The highest BCUT2D eigenvalue weighted by Gasteiger charge is 2.08. The Morgan fingerprint density at radius 2 is 1.42 bits per heavy atom. The first kappa shape index (κ1) is 20.0. The zero-order valence-corrected chi connectivity index (χ0v) is 15.9. The molecule has 0 bridgehead atoms. The van der Waals surface area contributed by atoms with Gasteiger partial charge >= 0.3 is 0 Å². The molecule has 0 spiro atoms. The maximum absolute atomic E-state index is 12.2. The molecular weight excluding hydrogens is 322 g/mol. The van der Waals surface area contributed by atoms with Gasteiger partial charge in [0.05, 0.1) is 5.69 Å². The van der Waals surface area contributed by atoms with Gasteiger partial charge in [0.25, 0.3) is 0 Å². The maximum atomic E-state index is 12.2. The van der Waals surface area contributed by atoms with Gasteiger partial charge in [0.2, 0.25) is 5.91 Å². The standard InChI is InChI=1S/C23H31NO2/c1-2-3-4-5-6-7-8-12-19-23(25)24-21-17-13-14-18-22(21)26-20-15-10-9-11-16-20/h9-11,13-18H,2-8,12,19H2,1H3,(H,24,25). The fraction of sp³-hybridized carbons (Fsp3) is 0.435. The van der Waals surface area contributed by atoms with E-state index in [0.717, 1.165) is 24.3 Å². The van der Waals surface area contributed by atoms with Crippen LogP contribution in [0.5, 0.6) is 11.5 Å². The summed E-state index contributed by atoms with van der Waals surface area (Å²) in [6, 6.07) is 17.2. The van der Waals surface area contributed by atoms with Crippen LogP contribution in [0, 0.1) is 0 Å². The highest BCUT2D eigenvalue weighted by atomic mass is 16.5. The van der Waals surface area contributed by atoms with Crippen LogP contribution in [0.4, 0.5) is 5.69 Å². The quantitative estimate of drug-likeness (QED) is 0.419. The van der Waals surface area contributed by atoms with Crippen LogP contribution in [0.2, 0.25) is 0 Å². The number of hydrogen-bond acceptors (Lipinski definition) is 2. The van der Waals surface area contributed by atoms with Crippen molar-refractivity contribution in [3.05, 3.63) is 54.6 Å². The molecule has 0 saturated carbocycles. The third-order valence-electron chi connectivity index (χ3n) is 4.39. The number of anilines is 1. The van der Waals surface area contributed by atoms with Crippen LogP contribution < -0.4 is 10.1 Å². The molecule has 0 aliphatic rings. The van der Waals surface area contributed by atoms with E-state index in [4.69, 9.17) is 4.74 Å². The summed E-state index contributed by atoms with van der Waals surface area (Å²) in [4.78, 5) is 12.2. The summed E-state index contributed by atoms with van der Waals surface area (Å²) >= 11 is 0. The van der Waals surface area contributed by atoms with E-state index < -0.39 is 0 Å². The fourth-order valence-electron chi connectivity index (χ4n) is 2.91. The van der Waals surface area contributed by atoms with Crippen molar-refractivity contribution >= 4 is 11.6 Å². The molecule has 1 amide bonds. The molecule has 0 radical (unpaired) electrons. The second kappa shape index (κ2) is 12.1. The van der Waals surface area contributed by atoms with Gasteiger partial charge in [-0.15, -0.1) is 0 Å². The van der Waals surface area contributed by atoms with Gasteiger partial charge < -0.3 is 10.1 Å². The van der Waals surface area contributed by atoms with Gasteiger partial charge in [0.1, 0.15) is 5.75 Å². The molecule has 0 fully saturated rings. The average molecular weight is 354 g/mol. The van der Waals surface area contributed by atoms with E-state index in [-0.39, 0.29) is 5.91 Å². The molecule has 140 valence electrons. The third kappa shape index (κ3) is 7.73. The average Bonchev–Trinajstić information content (AvgIpc) is 2.66. The van der Waals surface area contributed by atoms with Crippen LogP contribution in [0.25, 0.3) is 0 Å². The number of unbranched alkanes of at least 4 members (excludes halogenated alkanes) is 7. The molecule has 0 atom stereocenters. The van der Waals surface area contributed by atoms with Crippen molar-refractivity contribution in [3.63, 3.8) is 0 Å². The minimum absolute atomic E-state index is 0.0556. The first-order valence-corrected chi connectivity index (χ1v) is 9.91. The molecule has 0 aliphatic carbocycles. The van der Waals surface area contributed by atoms with E-state index in [1.165, 1.54) is 38.5 Å². The van der Waals surface area contributed by atoms with Crippen molar-refractivity contribution in [3.8, 4) is 11.5 Å². The van der Waals surface area contributed by atoms with Crippen molar-refractivity contribution in [1.82, 2.24) is 0 Å². The lowest BCUT2D eigenvalue weighted by Gasteiger charge is -2.12. The Labute approximate surface area is 157 Å². The number of carbonyl (C=O) groups is 1. The Morgan fingerprint density at radius 1 is 0.808 bits per heavy atom. The van der Waals surface area contributed by atoms with E-state index in [0.29, 0.717) is 12.2 Å². The molecule has 3 heteroatoms. The summed E-state index contributed by atoms with van der Waals surface area (Å²) in [5, 5.41) is 2.99. The Kier molecular flexibility index (Phi) is 9.34. The monoisotopic (exact) mass is 353 g/mol. The Morgan fingerprint density at radius 3 is 2.15 bits per heavy atom. The van der Waals surface area contributed by atoms with Gasteiger partial charge in [-0.25, -0.2) is 0 Å². The first-order valence-electron chi connectivity index (χ1n) is 9.91. The molecule has 0 aliphatic heterocycles. The number of benzene rings is 2. The molecule has 0 unspecified atom stereocenters. The molecule has 26 heavy (non-hydrogen) atoms. The van der Waals surface area contributed by atoms with Gasteiger partial charge in [-0.05, 0) is 30.7 Å². The minimum atomic E-state index is 0.0556. The maximum Gasteiger partial charge on any atom is 0.224 e. The van der Waals surface area contributed by atoms with Crippen LogP contribution >= 0.6 is 0 Å². The summed E-state index contributed by atoms with van der Waals surface area (Å²) < 4.78 is 5.89. The summed E-state index contributed by atoms with van der Waals surface area (Å²) in [6.45, 7) is 2.24. The number of carbonyl (C=O) groups excluding carboxylic acids is 1. The number of nitrogens with one attached hydrogen (secondary N) is 1. The van der Waals surface area contributed by atoms with Crippen molar-refractivity contribution in [2.75, 3.05) is 5.32 Å². The Balaban J connectivity index is 1.72. The second-order valence-electron chi connectivity index (χ2n) is 6.68. The van der Waals surface area contributed by atoms with E-state index in [1.54, 1.807) is 0 Å². The van der Waals surface area contributed by atoms with Gasteiger partial charge in [-0.3, -0.25) is 4.79 Å². The van der Waals surface area contributed by atoms with Crippen molar-refractivity contribution < 1.29 is 9.53 Å². The lowest BCUT2D eigenvalue weighted by molar-refractivity contribution is -0.116. The van der Waals surface area contributed by atoms with Crippen LogP contribution in [0.1, 0.15) is 64.7 Å². The number of para-hydroxylation sites is 3. The van der Waals surface area contributed by atoms with E-state index >= 15 is 0 Å². The van der Waals surface area contributed by atoms with Crippen molar-refractivity contribution in [1.29, 1.82) is 0 Å². The van der Waals surface area contributed by atoms with E-state index in [9.17, 15) is 4.79 Å². The third-order valence-corrected chi connectivity index (χ3v) is 4.39. The summed E-state index contributed by atoms with van der Waals surface area (Å²) in [7, 11) is 0. The van der Waals surface area contributed by atoms with Crippen LogP contribution in [0.3, 0.4) is 0 Å². The van der Waals surface area contributed by atoms with Crippen molar-refractivity contribution in [2.45, 2.75) is 64.7 Å². The van der Waals surface area contributed by atoms with Gasteiger partial charge in [-0.1, -0.05) is 82.2 Å². The zero-order chi connectivity index (χ0) is 18.5. The molecule has 0 aromatic heterocycles. The normalized spacial score (nSPS) is 10.5. The Hall–Kier alpha value is -2.29. The predicted molar refractivity (Wildman–Crippen MR) is 109 cm³/mol. The molecule has 2 aromatic carbocycles. The fourth-order valence-corrected chi connectivity index (χ4v) is 2.91. The predicted octanol–water partition coefficient (Wildman–Crippen LogP) is 6.95. The lowest BCUT2D eigenvalue weighted by Crippen LogP contribution is -2.11. The highest BCUT2D eigenvalue weighted by molar-refractivity contribution is 5.92. The largest absolute Gasteiger partial charge is 0.455 e. The van der Waals surface area contributed by atoms with Crippen LogP contribution in [-0.2, 0) is 4.79 Å². The van der Waals surface area contributed by atoms with Gasteiger partial charge in [-0.2, -0.15) is 0 Å². The van der Waals surface area contributed by atoms with Crippen molar-refractivity contribution in [2.24, 2.45) is 0 Å². The molecular formula is C23H31NO2. The molecule has 1 N–H and O–H groups in total. The van der Waals surface area contributed by atoms with Crippen LogP contribution in [-0.4, -0.2) is 5.91 Å². The number of rotatable bonds is 12. The van der Waals surface area contributed by atoms with Gasteiger partial charge in [0.15, 0.2) is 5.75 Å². The van der Waals surface area contributed by atoms with E-state index in [1.807, 2.05) is 54.6 Å². The topological polar surface area (TPSA) is 38.3 Å². The smallest absolute Gasteiger partial charge is 0.224 e. The Bertz CT molecular complexity index is 640. The molecule has 0 heterocycles. The van der Waals surface area contributed by atoms with Gasteiger partial charge in [0, 0.05) is 6.42 Å².